The quantitative estimate of drug-likeness (QED) is 0.823. The molecule has 1 saturated heterocycles. The molecule has 28 heavy (non-hydrogen) atoms. The van der Waals surface area contributed by atoms with Crippen molar-refractivity contribution in [2.24, 2.45) is 0 Å². The van der Waals surface area contributed by atoms with Crippen molar-refractivity contribution in [1.82, 2.24) is 4.90 Å². The number of likely N-dealkylation sites (N-methyl/N-ethyl adjacent to an activating group) is 1. The largest absolute Gasteiger partial charge is 0.495 e. The summed E-state index contributed by atoms with van der Waals surface area (Å²) in [6.07, 6.45) is 0.802. The summed E-state index contributed by atoms with van der Waals surface area (Å²) < 4.78 is 37.0. The van der Waals surface area contributed by atoms with Gasteiger partial charge < -0.3 is 19.7 Å². The van der Waals surface area contributed by atoms with Gasteiger partial charge in [0.05, 0.1) is 12.8 Å². The number of nitrogens with one attached hydrogen (secondary N) is 1. The number of amides is 2. The monoisotopic (exact) mass is 390 g/mol. The summed E-state index contributed by atoms with van der Waals surface area (Å²) in [6.45, 7) is 0.0831. The number of halogens is 2. The van der Waals surface area contributed by atoms with Gasteiger partial charge in [-0.25, -0.2) is 8.78 Å². The highest BCUT2D eigenvalue weighted by Crippen LogP contribution is 2.28. The minimum Gasteiger partial charge on any atom is -0.495 e. The van der Waals surface area contributed by atoms with E-state index in [0.29, 0.717) is 29.8 Å². The number of rotatable bonds is 6. The van der Waals surface area contributed by atoms with Crippen LogP contribution in [0.15, 0.2) is 36.4 Å². The molecule has 1 heterocycles. The maximum absolute atomic E-state index is 13.3. The first kappa shape index (κ1) is 19.6. The highest BCUT2D eigenvalue weighted by atomic mass is 19.2. The van der Waals surface area contributed by atoms with Gasteiger partial charge >= 0.3 is 0 Å². The summed E-state index contributed by atoms with van der Waals surface area (Å²) in [4.78, 5) is 25.6. The van der Waals surface area contributed by atoms with Crippen LogP contribution < -0.4 is 14.8 Å². The molecule has 1 unspecified atom stereocenters. The SMILES string of the molecule is COc1ccc(COc2ccc(F)c(F)c2)cc1NC(=O)C1CCC(=O)N1C. The predicted octanol–water partition coefficient (Wildman–Crippen LogP) is 3.11. The number of nitrogens with zero attached hydrogens (tertiary/aromatic N) is 1. The molecule has 0 aliphatic carbocycles. The van der Waals surface area contributed by atoms with Crippen LogP contribution >= 0.6 is 0 Å². The fourth-order valence-corrected chi connectivity index (χ4v) is 3.00. The first-order chi connectivity index (χ1) is 13.4. The van der Waals surface area contributed by atoms with E-state index in [1.807, 2.05) is 0 Å². The number of ether oxygens (including phenoxy) is 2. The van der Waals surface area contributed by atoms with Crippen molar-refractivity contribution in [3.63, 3.8) is 0 Å². The van der Waals surface area contributed by atoms with E-state index in [1.54, 1.807) is 25.2 Å². The normalized spacial score (nSPS) is 16.2. The lowest BCUT2D eigenvalue weighted by Crippen LogP contribution is -2.38. The topological polar surface area (TPSA) is 67.9 Å². The molecule has 0 radical (unpaired) electrons. The standard InChI is InChI=1S/C20H20F2N2O4/c1-24-17(6-8-19(24)25)20(26)23-16-9-12(3-7-18(16)27-2)11-28-13-4-5-14(21)15(22)10-13/h3-5,7,9-10,17H,6,8,11H2,1-2H3,(H,23,26). The zero-order chi connectivity index (χ0) is 20.3. The highest BCUT2D eigenvalue weighted by Gasteiger charge is 2.33. The van der Waals surface area contributed by atoms with Gasteiger partial charge in [0.2, 0.25) is 11.8 Å². The Morgan fingerprint density at radius 2 is 2.00 bits per heavy atom. The van der Waals surface area contributed by atoms with E-state index < -0.39 is 17.7 Å². The van der Waals surface area contributed by atoms with Gasteiger partial charge in [-0.1, -0.05) is 6.07 Å². The van der Waals surface area contributed by atoms with E-state index in [1.165, 1.54) is 18.1 Å². The maximum atomic E-state index is 13.3. The molecule has 2 amide bonds. The van der Waals surface area contributed by atoms with Crippen molar-refractivity contribution in [3.8, 4) is 11.5 Å². The number of carbonyl (C=O) groups is 2. The first-order valence-corrected chi connectivity index (χ1v) is 8.70. The second-order valence-corrected chi connectivity index (χ2v) is 6.45. The third kappa shape index (κ3) is 4.21. The number of methoxy groups -OCH3 is 1. The van der Waals surface area contributed by atoms with Crippen LogP contribution in [0.1, 0.15) is 18.4 Å². The molecular weight excluding hydrogens is 370 g/mol. The Kier molecular flexibility index (Phi) is 5.77. The van der Waals surface area contributed by atoms with Gasteiger partial charge in [-0.2, -0.15) is 0 Å². The molecule has 1 aliphatic heterocycles. The zero-order valence-corrected chi connectivity index (χ0v) is 15.5. The molecule has 2 aromatic carbocycles. The summed E-state index contributed by atoms with van der Waals surface area (Å²) in [5.74, 6) is -1.66. The van der Waals surface area contributed by atoms with Crippen LogP contribution in [0.3, 0.4) is 0 Å². The summed E-state index contributed by atoms with van der Waals surface area (Å²) in [7, 11) is 3.08. The number of hydrogen-bond acceptors (Lipinski definition) is 4. The van der Waals surface area contributed by atoms with Gasteiger partial charge in [0.25, 0.3) is 0 Å². The Hall–Kier alpha value is -3.16. The molecule has 0 spiro atoms. The minimum absolute atomic E-state index is 0.0687. The van der Waals surface area contributed by atoms with Gasteiger partial charge in [0, 0.05) is 19.5 Å². The molecule has 0 saturated carbocycles. The Morgan fingerprint density at radius 1 is 1.21 bits per heavy atom. The Labute approximate surface area is 161 Å². The molecule has 1 fully saturated rings. The highest BCUT2D eigenvalue weighted by molar-refractivity contribution is 5.99. The molecule has 148 valence electrons. The van der Waals surface area contributed by atoms with Crippen molar-refractivity contribution in [3.05, 3.63) is 53.6 Å². The number of hydrogen-bond donors (Lipinski definition) is 1. The van der Waals surface area contributed by atoms with Crippen LogP contribution in [0.5, 0.6) is 11.5 Å². The van der Waals surface area contributed by atoms with E-state index in [4.69, 9.17) is 9.47 Å². The Morgan fingerprint density at radius 3 is 2.64 bits per heavy atom. The molecule has 1 aliphatic rings. The van der Waals surface area contributed by atoms with Gasteiger partial charge in [0.1, 0.15) is 24.1 Å². The first-order valence-electron chi connectivity index (χ1n) is 8.70. The van der Waals surface area contributed by atoms with E-state index in [-0.39, 0.29) is 24.2 Å². The number of anilines is 1. The Balaban J connectivity index is 1.71. The molecule has 3 rings (SSSR count). The lowest BCUT2D eigenvalue weighted by atomic mass is 10.1. The van der Waals surface area contributed by atoms with Crippen molar-refractivity contribution in [2.75, 3.05) is 19.5 Å². The third-order valence-corrected chi connectivity index (χ3v) is 4.61. The lowest BCUT2D eigenvalue weighted by molar-refractivity contribution is -0.131. The van der Waals surface area contributed by atoms with Crippen LogP contribution in [0, 0.1) is 11.6 Å². The fourth-order valence-electron chi connectivity index (χ4n) is 3.00. The van der Waals surface area contributed by atoms with Crippen LogP contribution in [0.25, 0.3) is 0 Å². The third-order valence-electron chi connectivity index (χ3n) is 4.61. The van der Waals surface area contributed by atoms with Crippen LogP contribution in [-0.4, -0.2) is 36.9 Å². The zero-order valence-electron chi connectivity index (χ0n) is 15.5. The lowest BCUT2D eigenvalue weighted by Gasteiger charge is -2.20. The van der Waals surface area contributed by atoms with Crippen molar-refractivity contribution in [1.29, 1.82) is 0 Å². The van der Waals surface area contributed by atoms with Crippen LogP contribution in [0.2, 0.25) is 0 Å². The maximum Gasteiger partial charge on any atom is 0.247 e. The van der Waals surface area contributed by atoms with Crippen molar-refractivity contribution >= 4 is 17.5 Å². The second-order valence-electron chi connectivity index (χ2n) is 6.45. The minimum atomic E-state index is -0.990. The average molecular weight is 390 g/mol. The predicted molar refractivity (Wildman–Crippen MR) is 98.1 cm³/mol. The number of carbonyl (C=O) groups excluding carboxylic acids is 2. The van der Waals surface area contributed by atoms with E-state index in [2.05, 4.69) is 5.32 Å². The van der Waals surface area contributed by atoms with Crippen molar-refractivity contribution < 1.29 is 27.8 Å². The van der Waals surface area contributed by atoms with Gasteiger partial charge in [-0.3, -0.25) is 9.59 Å². The van der Waals surface area contributed by atoms with E-state index >= 15 is 0 Å². The smallest absolute Gasteiger partial charge is 0.247 e. The molecule has 0 aromatic heterocycles. The molecule has 0 bridgehead atoms. The molecule has 2 aromatic rings. The molecule has 8 heteroatoms. The summed E-state index contributed by atoms with van der Waals surface area (Å²) >= 11 is 0. The number of benzene rings is 2. The fraction of sp³-hybridized carbons (Fsp3) is 0.300. The summed E-state index contributed by atoms with van der Waals surface area (Å²) in [6, 6.07) is 7.84. The number of likely N-dealkylation sites (tertiary alicyclic amines) is 1. The van der Waals surface area contributed by atoms with Gasteiger partial charge in [0.15, 0.2) is 11.6 Å². The summed E-state index contributed by atoms with van der Waals surface area (Å²) in [5, 5.41) is 2.79. The van der Waals surface area contributed by atoms with Gasteiger partial charge in [-0.05, 0) is 36.2 Å². The van der Waals surface area contributed by atoms with Crippen LogP contribution in [0.4, 0.5) is 14.5 Å². The molecule has 6 nitrogen and oxygen atoms in total. The second kappa shape index (κ2) is 8.24. The molecule has 1 N–H and O–H groups in total. The van der Waals surface area contributed by atoms with Crippen LogP contribution in [-0.2, 0) is 16.2 Å². The van der Waals surface area contributed by atoms with Crippen molar-refractivity contribution in [2.45, 2.75) is 25.5 Å². The molecule has 1 atom stereocenters. The average Bonchev–Trinajstić information content (AvgIpc) is 3.02. The Bertz CT molecular complexity index is 904. The van der Waals surface area contributed by atoms with Gasteiger partial charge in [-0.15, -0.1) is 0 Å². The van der Waals surface area contributed by atoms with E-state index in [0.717, 1.165) is 12.1 Å². The summed E-state index contributed by atoms with van der Waals surface area (Å²) in [5.41, 5.74) is 1.13. The molecular formula is C20H20F2N2O4. The van der Waals surface area contributed by atoms with E-state index in [9.17, 15) is 18.4 Å².